The fourth-order valence-corrected chi connectivity index (χ4v) is 2.80. The van der Waals surface area contributed by atoms with Crippen LogP contribution in [0.2, 0.25) is 0 Å². The Hall–Kier alpha value is 0.0549. The molecule has 9 heteroatoms. The molecule has 0 radical (unpaired) electrons. The van der Waals surface area contributed by atoms with Crippen LogP contribution in [-0.2, 0) is 23.3 Å². The molecular weight excluding hydrogens is 272 g/mol. The van der Waals surface area contributed by atoms with Crippen molar-refractivity contribution in [3.8, 4) is 0 Å². The van der Waals surface area contributed by atoms with Crippen LogP contribution >= 0.6 is 7.60 Å². The molecule has 0 saturated carbocycles. The topological polar surface area (TPSA) is 100 Å². The Balaban J connectivity index is 2.70. The minimum atomic E-state index is -3.62. The maximum atomic E-state index is 11.5. The Bertz CT molecular complexity index is 314. The van der Waals surface area contributed by atoms with E-state index in [1.165, 1.54) is 7.11 Å². The van der Waals surface area contributed by atoms with E-state index in [9.17, 15) is 9.46 Å². The highest BCUT2D eigenvalue weighted by Crippen LogP contribution is 2.42. The molecule has 1 saturated heterocycles. The first-order valence-electron chi connectivity index (χ1n) is 6.33. The molecule has 3 N–H and O–H groups in total. The largest absolute Gasteiger partial charge is 0.382 e. The standard InChI is InChI=1S/C10H23BNO6P/c1-15-6-7-8(18-19(2,13)14)9(10(11)17-7)16-5-3-4-12/h7-10H,3-6,11-12H2,1-2H3,(H,13,14)/t7-,8?,9+,10-/m1/s1. The van der Waals surface area contributed by atoms with E-state index in [0.29, 0.717) is 19.6 Å². The highest BCUT2D eigenvalue weighted by atomic mass is 31.2. The first-order valence-corrected chi connectivity index (χ1v) is 8.36. The molecule has 112 valence electrons. The van der Waals surface area contributed by atoms with Gasteiger partial charge in [-0.15, -0.1) is 0 Å². The first-order chi connectivity index (χ1) is 8.89. The van der Waals surface area contributed by atoms with Gasteiger partial charge in [0.25, 0.3) is 0 Å². The zero-order chi connectivity index (χ0) is 14.5. The molecule has 19 heavy (non-hydrogen) atoms. The van der Waals surface area contributed by atoms with E-state index in [2.05, 4.69) is 0 Å². The minimum Gasteiger partial charge on any atom is -0.382 e. The summed E-state index contributed by atoms with van der Waals surface area (Å²) in [6, 6.07) is -0.227. The van der Waals surface area contributed by atoms with E-state index in [1.54, 1.807) is 0 Å². The molecule has 7 nitrogen and oxygen atoms in total. The van der Waals surface area contributed by atoms with Crippen LogP contribution in [0.4, 0.5) is 0 Å². The van der Waals surface area contributed by atoms with Crippen LogP contribution in [0.25, 0.3) is 0 Å². The molecule has 1 fully saturated rings. The van der Waals surface area contributed by atoms with Crippen molar-refractivity contribution in [1.82, 2.24) is 0 Å². The van der Waals surface area contributed by atoms with Crippen molar-refractivity contribution in [2.45, 2.75) is 30.7 Å². The normalized spacial score (nSPS) is 34.3. The maximum absolute atomic E-state index is 11.5. The maximum Gasteiger partial charge on any atom is 0.325 e. The van der Waals surface area contributed by atoms with Gasteiger partial charge in [-0.05, 0) is 13.0 Å². The predicted molar refractivity (Wildman–Crippen MR) is 73.1 cm³/mol. The molecule has 1 aliphatic rings. The van der Waals surface area contributed by atoms with Crippen LogP contribution < -0.4 is 5.73 Å². The van der Waals surface area contributed by atoms with E-state index < -0.39 is 25.9 Å². The fourth-order valence-electron chi connectivity index (χ4n) is 2.09. The molecule has 1 heterocycles. The quantitative estimate of drug-likeness (QED) is 0.334. The van der Waals surface area contributed by atoms with Gasteiger partial charge in [0.15, 0.2) is 0 Å². The van der Waals surface area contributed by atoms with Gasteiger partial charge in [-0.25, -0.2) is 0 Å². The number of ether oxygens (including phenoxy) is 3. The molecule has 2 unspecified atom stereocenters. The van der Waals surface area contributed by atoms with Gasteiger partial charge in [-0.2, -0.15) is 0 Å². The number of rotatable bonds is 8. The molecule has 0 spiro atoms. The van der Waals surface area contributed by atoms with Crippen molar-refractivity contribution in [3.05, 3.63) is 0 Å². The fraction of sp³-hybridized carbons (Fsp3) is 1.00. The van der Waals surface area contributed by atoms with Crippen LogP contribution in [0.3, 0.4) is 0 Å². The van der Waals surface area contributed by atoms with Crippen molar-refractivity contribution < 1.29 is 28.2 Å². The van der Waals surface area contributed by atoms with Gasteiger partial charge in [0.1, 0.15) is 26.2 Å². The highest BCUT2D eigenvalue weighted by Gasteiger charge is 2.46. The van der Waals surface area contributed by atoms with E-state index in [0.717, 1.165) is 6.66 Å². The Kier molecular flexibility index (Phi) is 6.97. The van der Waals surface area contributed by atoms with Crippen molar-refractivity contribution in [3.63, 3.8) is 0 Å². The van der Waals surface area contributed by atoms with E-state index in [1.807, 2.05) is 7.85 Å². The molecule has 0 aromatic carbocycles. The van der Waals surface area contributed by atoms with Crippen molar-refractivity contribution in [1.29, 1.82) is 0 Å². The van der Waals surface area contributed by atoms with Gasteiger partial charge >= 0.3 is 7.60 Å². The van der Waals surface area contributed by atoms with Crippen molar-refractivity contribution >= 4 is 15.4 Å². The summed E-state index contributed by atoms with van der Waals surface area (Å²) in [5.74, 6) is 0. The van der Waals surface area contributed by atoms with Gasteiger partial charge in [0.2, 0.25) is 0 Å². The molecule has 0 aromatic heterocycles. The van der Waals surface area contributed by atoms with Gasteiger partial charge < -0.3 is 24.8 Å². The lowest BCUT2D eigenvalue weighted by atomic mass is 9.93. The van der Waals surface area contributed by atoms with E-state index >= 15 is 0 Å². The Labute approximate surface area is 114 Å². The lowest BCUT2D eigenvalue weighted by Gasteiger charge is -2.25. The molecule has 1 aliphatic heterocycles. The second-order valence-electron chi connectivity index (χ2n) is 4.69. The zero-order valence-electron chi connectivity index (χ0n) is 11.7. The van der Waals surface area contributed by atoms with Crippen LogP contribution in [0.15, 0.2) is 0 Å². The molecule has 0 bridgehead atoms. The average Bonchev–Trinajstić information content (AvgIpc) is 2.56. The van der Waals surface area contributed by atoms with E-state index in [4.69, 9.17) is 24.5 Å². The molecular formula is C10H23BNO6P. The van der Waals surface area contributed by atoms with Crippen molar-refractivity contribution in [2.75, 3.05) is 33.5 Å². The molecule has 0 aliphatic carbocycles. The highest BCUT2D eigenvalue weighted by molar-refractivity contribution is 7.51. The number of hydrogen-bond acceptors (Lipinski definition) is 6. The third kappa shape index (κ3) is 5.51. The number of hydrogen-bond donors (Lipinski definition) is 2. The number of nitrogens with two attached hydrogens (primary N) is 1. The summed E-state index contributed by atoms with van der Waals surface area (Å²) < 4.78 is 33.1. The van der Waals surface area contributed by atoms with Gasteiger partial charge in [0, 0.05) is 20.4 Å². The third-order valence-corrected chi connectivity index (χ3v) is 3.48. The lowest BCUT2D eigenvalue weighted by molar-refractivity contribution is -0.0244. The summed E-state index contributed by atoms with van der Waals surface area (Å²) in [4.78, 5) is 9.40. The Morgan fingerprint density at radius 2 is 2.16 bits per heavy atom. The van der Waals surface area contributed by atoms with Crippen LogP contribution in [0.5, 0.6) is 0 Å². The van der Waals surface area contributed by atoms with Gasteiger partial charge in [0.05, 0.1) is 12.6 Å². The van der Waals surface area contributed by atoms with Crippen LogP contribution in [-0.4, -0.2) is 70.6 Å². The smallest absolute Gasteiger partial charge is 0.325 e. The van der Waals surface area contributed by atoms with Crippen molar-refractivity contribution in [2.24, 2.45) is 5.73 Å². The summed E-state index contributed by atoms with van der Waals surface area (Å²) in [5, 5.41) is 0. The third-order valence-electron chi connectivity index (χ3n) is 2.85. The summed E-state index contributed by atoms with van der Waals surface area (Å²) in [7, 11) is -0.235. The SMILES string of the molecule is B[C@@H]1O[C@H](COC)C(OP(C)(=O)O)[C@@H]1OCCCN. The van der Waals surface area contributed by atoms with Crippen LogP contribution in [0, 0.1) is 0 Å². The second-order valence-corrected chi connectivity index (χ2v) is 6.50. The minimum absolute atomic E-state index is 0.227. The Morgan fingerprint density at radius 1 is 1.47 bits per heavy atom. The van der Waals surface area contributed by atoms with Crippen LogP contribution in [0.1, 0.15) is 6.42 Å². The summed E-state index contributed by atoms with van der Waals surface area (Å²) in [6.45, 7) is 2.43. The summed E-state index contributed by atoms with van der Waals surface area (Å²) >= 11 is 0. The average molecular weight is 295 g/mol. The molecule has 0 amide bonds. The monoisotopic (exact) mass is 295 g/mol. The molecule has 0 aromatic rings. The lowest BCUT2D eigenvalue weighted by Crippen LogP contribution is -2.38. The first kappa shape index (κ1) is 17.1. The Morgan fingerprint density at radius 3 is 2.68 bits per heavy atom. The summed E-state index contributed by atoms with van der Waals surface area (Å²) in [5.41, 5.74) is 5.41. The molecule has 5 atom stereocenters. The van der Waals surface area contributed by atoms with Gasteiger partial charge in [-0.3, -0.25) is 9.09 Å². The zero-order valence-corrected chi connectivity index (χ0v) is 12.5. The van der Waals surface area contributed by atoms with E-state index in [-0.39, 0.29) is 12.6 Å². The number of methoxy groups -OCH3 is 1. The predicted octanol–water partition coefficient (Wildman–Crippen LogP) is -1.07. The second kappa shape index (κ2) is 7.74. The van der Waals surface area contributed by atoms with Gasteiger partial charge in [-0.1, -0.05) is 0 Å². The summed E-state index contributed by atoms with van der Waals surface area (Å²) in [6.07, 6.45) is -0.711. The molecule has 1 rings (SSSR count).